The van der Waals surface area contributed by atoms with Crippen molar-refractivity contribution in [2.45, 2.75) is 65.3 Å². The molecule has 3 rings (SSSR count). The first-order valence-electron chi connectivity index (χ1n) is 9.31. The van der Waals surface area contributed by atoms with Gasteiger partial charge in [0.15, 0.2) is 0 Å². The molecule has 0 unspecified atom stereocenters. The molecule has 0 bridgehead atoms. The van der Waals surface area contributed by atoms with Gasteiger partial charge in [-0.2, -0.15) is 0 Å². The summed E-state index contributed by atoms with van der Waals surface area (Å²) >= 11 is 0. The second kappa shape index (κ2) is 6.50. The van der Waals surface area contributed by atoms with Crippen LogP contribution in [-0.4, -0.2) is 39.7 Å². The maximum atomic E-state index is 11.8. The molecule has 1 fully saturated rings. The lowest BCUT2D eigenvalue weighted by molar-refractivity contribution is -0.151. The van der Waals surface area contributed by atoms with E-state index >= 15 is 0 Å². The zero-order valence-corrected chi connectivity index (χ0v) is 15.6. The van der Waals surface area contributed by atoms with E-state index in [1.54, 1.807) is 6.08 Å². The van der Waals surface area contributed by atoms with Gasteiger partial charge in [-0.15, -0.1) is 0 Å². The summed E-state index contributed by atoms with van der Waals surface area (Å²) in [5.41, 5.74) is -0.116. The minimum absolute atomic E-state index is 0.0145. The Balaban J connectivity index is 1.91. The first kappa shape index (κ1) is 19.1. The monoisotopic (exact) mass is 364 g/mol. The van der Waals surface area contributed by atoms with Crippen molar-refractivity contribution in [3.05, 3.63) is 23.3 Å². The minimum atomic E-state index is -1.18. The quantitative estimate of drug-likeness (QED) is 0.662. The average molecular weight is 364 g/mol. The lowest BCUT2D eigenvalue weighted by Gasteiger charge is -2.59. The van der Waals surface area contributed by atoms with Gasteiger partial charge >= 0.3 is 11.9 Å². The molecule has 0 spiro atoms. The summed E-state index contributed by atoms with van der Waals surface area (Å²) in [5, 5.41) is 30.3. The first-order valence-corrected chi connectivity index (χ1v) is 9.31. The fourth-order valence-corrected chi connectivity index (χ4v) is 5.51. The van der Waals surface area contributed by atoms with Crippen molar-refractivity contribution in [1.82, 2.24) is 0 Å². The number of carbonyl (C=O) groups is 2. The predicted molar refractivity (Wildman–Crippen MR) is 93.9 cm³/mol. The van der Waals surface area contributed by atoms with Crippen molar-refractivity contribution in [3.63, 3.8) is 0 Å². The van der Waals surface area contributed by atoms with Crippen LogP contribution in [-0.2, 0) is 14.3 Å². The summed E-state index contributed by atoms with van der Waals surface area (Å²) in [6.07, 6.45) is 4.49. The fourth-order valence-electron chi connectivity index (χ4n) is 5.51. The SMILES string of the molecule is C[C@H]1C[C@H](O)[C@@]2(C)C(C(=O)O)=CCC[C@@H]2[C@@]1(C)CCC1=CC(=O)O[C@@H]1O. The van der Waals surface area contributed by atoms with E-state index in [-0.39, 0.29) is 17.3 Å². The summed E-state index contributed by atoms with van der Waals surface area (Å²) in [6.45, 7) is 6.13. The molecule has 2 aliphatic carbocycles. The Hall–Kier alpha value is -1.66. The molecule has 1 saturated carbocycles. The Morgan fingerprint density at radius 1 is 1.35 bits per heavy atom. The number of ether oxygens (including phenoxy) is 1. The highest BCUT2D eigenvalue weighted by Crippen LogP contribution is 2.62. The Labute approximate surface area is 153 Å². The summed E-state index contributed by atoms with van der Waals surface area (Å²) in [6, 6.07) is 0. The Morgan fingerprint density at radius 2 is 2.04 bits per heavy atom. The van der Waals surface area contributed by atoms with Gasteiger partial charge in [-0.25, -0.2) is 9.59 Å². The number of rotatable bonds is 4. The van der Waals surface area contributed by atoms with Gasteiger partial charge in [0.2, 0.25) is 6.29 Å². The molecular weight excluding hydrogens is 336 g/mol. The van der Waals surface area contributed by atoms with Crippen LogP contribution in [0.2, 0.25) is 0 Å². The van der Waals surface area contributed by atoms with Gasteiger partial charge in [0.05, 0.1) is 6.10 Å². The van der Waals surface area contributed by atoms with Crippen molar-refractivity contribution in [1.29, 1.82) is 0 Å². The van der Waals surface area contributed by atoms with Crippen LogP contribution < -0.4 is 0 Å². The molecule has 144 valence electrons. The van der Waals surface area contributed by atoms with E-state index in [2.05, 4.69) is 13.8 Å². The number of allylic oxidation sites excluding steroid dienone is 1. The Kier molecular flexibility index (Phi) is 4.78. The number of aliphatic hydroxyl groups excluding tert-OH is 2. The molecule has 0 saturated heterocycles. The van der Waals surface area contributed by atoms with Crippen LogP contribution in [0.5, 0.6) is 0 Å². The molecule has 6 atom stereocenters. The molecule has 1 heterocycles. The topological polar surface area (TPSA) is 104 Å². The number of hydrogen-bond acceptors (Lipinski definition) is 5. The van der Waals surface area contributed by atoms with Crippen LogP contribution in [0.4, 0.5) is 0 Å². The number of cyclic esters (lactones) is 1. The van der Waals surface area contributed by atoms with E-state index in [0.717, 1.165) is 6.42 Å². The average Bonchev–Trinajstić information content (AvgIpc) is 2.88. The third-order valence-corrected chi connectivity index (χ3v) is 7.33. The van der Waals surface area contributed by atoms with E-state index in [0.29, 0.717) is 36.8 Å². The summed E-state index contributed by atoms with van der Waals surface area (Å²) < 4.78 is 4.76. The lowest BCUT2D eigenvalue weighted by atomic mass is 9.45. The molecule has 0 radical (unpaired) electrons. The van der Waals surface area contributed by atoms with E-state index in [9.17, 15) is 24.9 Å². The van der Waals surface area contributed by atoms with E-state index < -0.39 is 29.7 Å². The second-order valence-electron chi connectivity index (χ2n) is 8.50. The van der Waals surface area contributed by atoms with Crippen LogP contribution >= 0.6 is 0 Å². The molecule has 0 aromatic carbocycles. The standard InChI is InChI=1S/C20H28O6/c1-11-9-15(21)20(3)13(17(23)24)5-4-6-14(20)19(11,2)8-7-12-10-16(22)26-18(12)25/h5,10-11,14-15,18,21,25H,4,6-9H2,1-3H3,(H,23,24)/t11-,14+,15-,18-,19-,20-/m0/s1. The van der Waals surface area contributed by atoms with Crippen LogP contribution in [0.1, 0.15) is 52.9 Å². The van der Waals surface area contributed by atoms with Gasteiger partial charge in [0, 0.05) is 22.6 Å². The second-order valence-corrected chi connectivity index (χ2v) is 8.50. The fraction of sp³-hybridized carbons (Fsp3) is 0.700. The third kappa shape index (κ3) is 2.79. The molecule has 0 amide bonds. The van der Waals surface area contributed by atoms with Crippen molar-refractivity contribution in [2.24, 2.45) is 22.7 Å². The zero-order chi connectivity index (χ0) is 19.3. The van der Waals surface area contributed by atoms with E-state index in [4.69, 9.17) is 4.74 Å². The zero-order valence-electron chi connectivity index (χ0n) is 15.6. The maximum absolute atomic E-state index is 11.8. The summed E-state index contributed by atoms with van der Waals surface area (Å²) in [7, 11) is 0. The number of esters is 1. The van der Waals surface area contributed by atoms with Crippen molar-refractivity contribution >= 4 is 11.9 Å². The number of hydrogen-bond donors (Lipinski definition) is 3. The number of aliphatic carboxylic acids is 1. The van der Waals surface area contributed by atoms with Crippen LogP contribution in [0.15, 0.2) is 23.3 Å². The Bertz CT molecular complexity index is 680. The van der Waals surface area contributed by atoms with Gasteiger partial charge in [-0.3, -0.25) is 0 Å². The van der Waals surface area contributed by atoms with Crippen molar-refractivity contribution < 1.29 is 29.6 Å². The highest BCUT2D eigenvalue weighted by Gasteiger charge is 2.59. The van der Waals surface area contributed by atoms with Gasteiger partial charge in [0.25, 0.3) is 0 Å². The molecule has 0 aromatic heterocycles. The molecule has 3 N–H and O–H groups in total. The molecule has 0 aromatic rings. The molecule has 6 nitrogen and oxygen atoms in total. The number of aliphatic hydroxyl groups is 2. The third-order valence-electron chi connectivity index (χ3n) is 7.33. The highest BCUT2D eigenvalue weighted by atomic mass is 16.6. The molecule has 1 aliphatic heterocycles. The lowest BCUT2D eigenvalue weighted by Crippen LogP contribution is -2.57. The van der Waals surface area contributed by atoms with Crippen molar-refractivity contribution in [2.75, 3.05) is 0 Å². The van der Waals surface area contributed by atoms with E-state index in [1.165, 1.54) is 6.08 Å². The largest absolute Gasteiger partial charge is 0.478 e. The maximum Gasteiger partial charge on any atom is 0.333 e. The van der Waals surface area contributed by atoms with Gasteiger partial charge < -0.3 is 20.1 Å². The predicted octanol–water partition coefficient (Wildman–Crippen LogP) is 2.40. The molecule has 3 aliphatic rings. The highest BCUT2D eigenvalue weighted by molar-refractivity contribution is 5.88. The smallest absolute Gasteiger partial charge is 0.333 e. The molecule has 26 heavy (non-hydrogen) atoms. The molecular formula is C20H28O6. The number of carboxylic acids is 1. The van der Waals surface area contributed by atoms with Crippen LogP contribution in [0.25, 0.3) is 0 Å². The first-order chi connectivity index (χ1) is 12.1. The molecule has 6 heteroatoms. The minimum Gasteiger partial charge on any atom is -0.478 e. The summed E-state index contributed by atoms with van der Waals surface area (Å²) in [4.78, 5) is 23.2. The van der Waals surface area contributed by atoms with Gasteiger partial charge in [-0.1, -0.05) is 26.8 Å². The number of carbonyl (C=O) groups excluding carboxylic acids is 1. The van der Waals surface area contributed by atoms with Crippen molar-refractivity contribution in [3.8, 4) is 0 Å². The number of fused-ring (bicyclic) bond motifs is 1. The summed E-state index contributed by atoms with van der Waals surface area (Å²) in [5.74, 6) is -1.27. The Morgan fingerprint density at radius 3 is 2.62 bits per heavy atom. The van der Waals surface area contributed by atoms with E-state index in [1.807, 2.05) is 6.92 Å². The van der Waals surface area contributed by atoms with Crippen LogP contribution in [0, 0.1) is 22.7 Å². The van der Waals surface area contributed by atoms with Gasteiger partial charge in [-0.05, 0) is 49.4 Å². The van der Waals surface area contributed by atoms with Gasteiger partial charge in [0.1, 0.15) is 0 Å². The normalized spacial score (nSPS) is 42.6. The number of carboxylic acid groups (broad SMARTS) is 1. The van der Waals surface area contributed by atoms with Crippen LogP contribution in [0.3, 0.4) is 0 Å².